The van der Waals surface area contributed by atoms with Crippen LogP contribution in [-0.4, -0.2) is 15.0 Å². The van der Waals surface area contributed by atoms with E-state index in [4.69, 9.17) is 9.88 Å². The third-order valence-corrected chi connectivity index (χ3v) is 3.75. The van der Waals surface area contributed by atoms with E-state index >= 15 is 0 Å². The molecule has 0 saturated carbocycles. The molecule has 1 rings (SSSR count). The van der Waals surface area contributed by atoms with Crippen molar-refractivity contribution in [1.82, 2.24) is 0 Å². The summed E-state index contributed by atoms with van der Waals surface area (Å²) in [4.78, 5) is 0.176. The van der Waals surface area contributed by atoms with Gasteiger partial charge in [-0.15, -0.1) is 0 Å². The third-order valence-electron chi connectivity index (χ3n) is 2.70. The van der Waals surface area contributed by atoms with Crippen LogP contribution in [0.2, 0.25) is 0 Å². The van der Waals surface area contributed by atoms with Gasteiger partial charge in [0.25, 0.3) is 0 Å². The number of primary sulfonamides is 1. The highest BCUT2D eigenvalue weighted by Crippen LogP contribution is 2.31. The number of benzene rings is 1. The lowest BCUT2D eigenvalue weighted by molar-refractivity contribution is 0.312. The molecule has 4 nitrogen and oxygen atoms in total. The Bertz CT molecular complexity index is 521. The highest BCUT2D eigenvalue weighted by Gasteiger charge is 2.17. The Balaban J connectivity index is 3.35. The fourth-order valence-corrected chi connectivity index (χ4v) is 2.57. The standard InChI is InChI=1S/C13H21NO3S/c1-5-6-17-12-7-10(4)13(18(14,15)16)8-11(12)9(2)3/h7-9H,5-6H2,1-4H3,(H2,14,15,16). The first-order chi connectivity index (χ1) is 8.27. The topological polar surface area (TPSA) is 69.4 Å². The van der Waals surface area contributed by atoms with Gasteiger partial charge >= 0.3 is 0 Å². The Morgan fingerprint density at radius 3 is 2.39 bits per heavy atom. The molecule has 0 spiro atoms. The lowest BCUT2D eigenvalue weighted by atomic mass is 10.0. The lowest BCUT2D eigenvalue weighted by Gasteiger charge is -2.16. The number of sulfonamides is 1. The average Bonchev–Trinajstić information content (AvgIpc) is 2.23. The van der Waals surface area contributed by atoms with E-state index in [0.29, 0.717) is 12.2 Å². The van der Waals surface area contributed by atoms with Crippen molar-refractivity contribution in [1.29, 1.82) is 0 Å². The van der Waals surface area contributed by atoms with E-state index in [-0.39, 0.29) is 10.8 Å². The average molecular weight is 271 g/mol. The third kappa shape index (κ3) is 3.46. The maximum atomic E-state index is 11.5. The van der Waals surface area contributed by atoms with E-state index in [1.807, 2.05) is 20.8 Å². The second-order valence-corrected chi connectivity index (χ2v) is 6.23. The Kier molecular flexibility index (Phi) is 4.76. The van der Waals surface area contributed by atoms with Gasteiger partial charge in [-0.25, -0.2) is 13.6 Å². The highest BCUT2D eigenvalue weighted by atomic mass is 32.2. The quantitative estimate of drug-likeness (QED) is 0.894. The van der Waals surface area contributed by atoms with Crippen molar-refractivity contribution in [3.8, 4) is 5.75 Å². The minimum atomic E-state index is -3.68. The minimum absolute atomic E-state index is 0.176. The zero-order chi connectivity index (χ0) is 13.9. The van der Waals surface area contributed by atoms with Crippen molar-refractivity contribution in [2.24, 2.45) is 5.14 Å². The molecule has 0 aliphatic carbocycles. The molecule has 1 aromatic carbocycles. The normalized spacial score (nSPS) is 11.9. The molecule has 0 fully saturated rings. The van der Waals surface area contributed by atoms with Crippen LogP contribution < -0.4 is 9.88 Å². The van der Waals surface area contributed by atoms with E-state index in [9.17, 15) is 8.42 Å². The van der Waals surface area contributed by atoms with E-state index in [0.717, 1.165) is 17.7 Å². The van der Waals surface area contributed by atoms with Crippen LogP contribution >= 0.6 is 0 Å². The summed E-state index contributed by atoms with van der Waals surface area (Å²) in [7, 11) is -3.68. The summed E-state index contributed by atoms with van der Waals surface area (Å²) in [5.74, 6) is 0.926. The molecular formula is C13H21NO3S. The van der Waals surface area contributed by atoms with Crippen LogP contribution in [0.4, 0.5) is 0 Å². The van der Waals surface area contributed by atoms with E-state index < -0.39 is 10.0 Å². The van der Waals surface area contributed by atoms with Gasteiger partial charge in [0.05, 0.1) is 11.5 Å². The van der Waals surface area contributed by atoms with Crippen molar-refractivity contribution in [3.63, 3.8) is 0 Å². The number of aryl methyl sites for hydroxylation is 1. The molecule has 102 valence electrons. The summed E-state index contributed by atoms with van der Waals surface area (Å²) in [5, 5.41) is 5.21. The van der Waals surface area contributed by atoms with Gasteiger partial charge in [-0.05, 0) is 42.5 Å². The fourth-order valence-electron chi connectivity index (χ4n) is 1.77. The van der Waals surface area contributed by atoms with E-state index in [1.54, 1.807) is 19.1 Å². The van der Waals surface area contributed by atoms with Gasteiger partial charge in [-0.1, -0.05) is 20.8 Å². The van der Waals surface area contributed by atoms with Gasteiger partial charge in [0.15, 0.2) is 0 Å². The number of hydrogen-bond donors (Lipinski definition) is 1. The van der Waals surface area contributed by atoms with Crippen LogP contribution in [0.25, 0.3) is 0 Å². The largest absolute Gasteiger partial charge is 0.493 e. The van der Waals surface area contributed by atoms with Crippen molar-refractivity contribution < 1.29 is 13.2 Å². The van der Waals surface area contributed by atoms with Gasteiger partial charge in [-0.3, -0.25) is 0 Å². The second kappa shape index (κ2) is 5.71. The minimum Gasteiger partial charge on any atom is -0.493 e. The van der Waals surface area contributed by atoms with Crippen LogP contribution in [0.5, 0.6) is 5.75 Å². The summed E-state index contributed by atoms with van der Waals surface area (Å²) in [5.41, 5.74) is 1.49. The van der Waals surface area contributed by atoms with Crippen LogP contribution in [-0.2, 0) is 10.0 Å². The van der Waals surface area contributed by atoms with Crippen molar-refractivity contribution in [3.05, 3.63) is 23.3 Å². The molecule has 0 unspecified atom stereocenters. The van der Waals surface area contributed by atoms with Crippen molar-refractivity contribution in [2.75, 3.05) is 6.61 Å². The van der Waals surface area contributed by atoms with Crippen LogP contribution in [0.15, 0.2) is 17.0 Å². The van der Waals surface area contributed by atoms with E-state index in [2.05, 4.69) is 0 Å². The summed E-state index contributed by atoms with van der Waals surface area (Å²) < 4.78 is 28.6. The van der Waals surface area contributed by atoms with Crippen LogP contribution in [0.3, 0.4) is 0 Å². The van der Waals surface area contributed by atoms with Crippen molar-refractivity contribution >= 4 is 10.0 Å². The molecule has 0 amide bonds. The molecule has 18 heavy (non-hydrogen) atoms. The van der Waals surface area contributed by atoms with Crippen molar-refractivity contribution in [2.45, 2.75) is 44.9 Å². The Labute approximate surface area is 109 Å². The summed E-state index contributed by atoms with van der Waals surface area (Å²) in [6, 6.07) is 3.38. The summed E-state index contributed by atoms with van der Waals surface area (Å²) in [6.45, 7) is 8.37. The summed E-state index contributed by atoms with van der Waals surface area (Å²) >= 11 is 0. The van der Waals surface area contributed by atoms with Gasteiger partial charge in [0, 0.05) is 0 Å². The maximum Gasteiger partial charge on any atom is 0.238 e. The molecule has 0 aliphatic rings. The van der Waals surface area contributed by atoms with Gasteiger partial charge in [0.2, 0.25) is 10.0 Å². The first-order valence-corrected chi connectivity index (χ1v) is 7.62. The zero-order valence-corrected chi connectivity index (χ0v) is 12.2. The van der Waals surface area contributed by atoms with Gasteiger partial charge in [-0.2, -0.15) is 0 Å². The number of ether oxygens (including phenoxy) is 1. The highest BCUT2D eigenvalue weighted by molar-refractivity contribution is 7.89. The summed E-state index contributed by atoms with van der Waals surface area (Å²) in [6.07, 6.45) is 0.910. The second-order valence-electron chi connectivity index (χ2n) is 4.70. The molecule has 0 aromatic heterocycles. The molecule has 0 atom stereocenters. The van der Waals surface area contributed by atoms with Crippen LogP contribution in [0.1, 0.15) is 44.2 Å². The molecule has 0 bridgehead atoms. The first-order valence-electron chi connectivity index (χ1n) is 6.07. The zero-order valence-electron chi connectivity index (χ0n) is 11.4. The predicted octanol–water partition coefficient (Wildman–Crippen LogP) is 2.55. The van der Waals surface area contributed by atoms with E-state index in [1.165, 1.54) is 0 Å². The monoisotopic (exact) mass is 271 g/mol. The smallest absolute Gasteiger partial charge is 0.238 e. The molecule has 0 saturated heterocycles. The molecule has 0 aliphatic heterocycles. The molecule has 0 heterocycles. The predicted molar refractivity (Wildman–Crippen MR) is 72.4 cm³/mol. The molecule has 2 N–H and O–H groups in total. The van der Waals surface area contributed by atoms with Gasteiger partial charge < -0.3 is 4.74 Å². The molecular weight excluding hydrogens is 250 g/mol. The molecule has 5 heteroatoms. The Morgan fingerprint density at radius 1 is 1.33 bits per heavy atom. The fraction of sp³-hybridized carbons (Fsp3) is 0.538. The molecule has 1 aromatic rings. The number of nitrogens with two attached hydrogens (primary N) is 1. The lowest BCUT2D eigenvalue weighted by Crippen LogP contribution is -2.15. The van der Waals surface area contributed by atoms with Crippen LogP contribution in [0, 0.1) is 6.92 Å². The van der Waals surface area contributed by atoms with Gasteiger partial charge in [0.1, 0.15) is 5.75 Å². The Hall–Kier alpha value is -1.07. The molecule has 0 radical (unpaired) electrons. The number of rotatable bonds is 5. The Morgan fingerprint density at radius 2 is 1.94 bits per heavy atom. The number of hydrogen-bond acceptors (Lipinski definition) is 3. The maximum absolute atomic E-state index is 11.5. The SMILES string of the molecule is CCCOc1cc(C)c(S(N)(=O)=O)cc1C(C)C. The first kappa shape index (κ1) is 15.0.